The quantitative estimate of drug-likeness (QED) is 0.222. The van der Waals surface area contributed by atoms with Crippen LogP contribution < -0.4 is 10.6 Å². The Bertz CT molecular complexity index is 1640. The molecular formula is C30H25F6N5O2S. The van der Waals surface area contributed by atoms with Gasteiger partial charge in [0.15, 0.2) is 0 Å². The van der Waals surface area contributed by atoms with E-state index in [1.165, 1.54) is 24.3 Å². The number of anilines is 1. The van der Waals surface area contributed by atoms with Crippen LogP contribution in [0.3, 0.4) is 0 Å². The second kappa shape index (κ2) is 12.7. The Morgan fingerprint density at radius 3 is 2.39 bits per heavy atom. The number of alkyl halides is 5. The molecule has 1 amide bonds. The van der Waals surface area contributed by atoms with Gasteiger partial charge in [-0.1, -0.05) is 18.2 Å². The molecule has 1 unspecified atom stereocenters. The van der Waals surface area contributed by atoms with E-state index in [2.05, 4.69) is 20.6 Å². The van der Waals surface area contributed by atoms with Gasteiger partial charge in [-0.15, -0.1) is 0 Å². The first-order valence-corrected chi connectivity index (χ1v) is 14.4. The molecular weight excluding hydrogens is 608 g/mol. The van der Waals surface area contributed by atoms with Crippen LogP contribution in [0, 0.1) is 5.82 Å². The second-order valence-corrected chi connectivity index (χ2v) is 11.5. The lowest BCUT2D eigenvalue weighted by Crippen LogP contribution is -2.43. The minimum Gasteiger partial charge on any atom is -0.366 e. The van der Waals surface area contributed by atoms with Crippen LogP contribution in [0.1, 0.15) is 23.1 Å². The van der Waals surface area contributed by atoms with Crippen LogP contribution in [-0.4, -0.2) is 42.9 Å². The zero-order chi connectivity index (χ0) is 31.5. The zero-order valence-corrected chi connectivity index (χ0v) is 23.6. The summed E-state index contributed by atoms with van der Waals surface area (Å²) in [5.74, 6) is -4.32. The van der Waals surface area contributed by atoms with Crippen LogP contribution in [0.15, 0.2) is 90.1 Å². The zero-order valence-electron chi connectivity index (χ0n) is 22.8. The van der Waals surface area contributed by atoms with Gasteiger partial charge in [-0.05, 0) is 65.7 Å². The maximum absolute atomic E-state index is 14.4. The lowest BCUT2D eigenvalue weighted by atomic mass is 10.1. The average molecular weight is 634 g/mol. The molecule has 5 rings (SSSR count). The Labute approximate surface area is 250 Å². The molecule has 14 heteroatoms. The van der Waals surface area contributed by atoms with Gasteiger partial charge in [-0.25, -0.2) is 26.7 Å². The third-order valence-electron chi connectivity index (χ3n) is 6.81. The number of pyridine rings is 2. The van der Waals surface area contributed by atoms with E-state index < -0.39 is 59.4 Å². The van der Waals surface area contributed by atoms with Crippen molar-refractivity contribution in [1.82, 2.24) is 19.6 Å². The molecule has 0 spiro atoms. The molecule has 1 fully saturated rings. The highest BCUT2D eigenvalue weighted by molar-refractivity contribution is 7.82. The Morgan fingerprint density at radius 1 is 1.00 bits per heavy atom. The minimum absolute atomic E-state index is 0.0709. The number of hydrogen-bond acceptors (Lipinski definition) is 5. The van der Waals surface area contributed by atoms with E-state index in [-0.39, 0.29) is 11.4 Å². The smallest absolute Gasteiger partial charge is 0.366 e. The van der Waals surface area contributed by atoms with Crippen molar-refractivity contribution in [3.63, 3.8) is 0 Å². The number of aromatic nitrogens is 2. The third kappa shape index (κ3) is 7.61. The van der Waals surface area contributed by atoms with Gasteiger partial charge < -0.3 is 10.6 Å². The molecule has 7 nitrogen and oxygen atoms in total. The molecule has 44 heavy (non-hydrogen) atoms. The highest BCUT2D eigenvalue weighted by Crippen LogP contribution is 2.35. The second-order valence-electron chi connectivity index (χ2n) is 10.1. The van der Waals surface area contributed by atoms with Gasteiger partial charge in [-0.2, -0.15) is 13.2 Å². The normalized spacial score (nSPS) is 17.3. The summed E-state index contributed by atoms with van der Waals surface area (Å²) in [6, 6.07) is 14.3. The van der Waals surface area contributed by atoms with Crippen molar-refractivity contribution in [2.24, 2.45) is 0 Å². The monoisotopic (exact) mass is 633 g/mol. The number of carbonyl (C=O) groups excluding carboxylic acids is 1. The number of halogens is 6. The van der Waals surface area contributed by atoms with Crippen LogP contribution >= 0.6 is 0 Å². The largest absolute Gasteiger partial charge is 0.416 e. The molecule has 0 radical (unpaired) electrons. The SMILES string of the molecule is O=C(NCc1cc(NCc2cccnc2)nc(-c2ccc(C(F)(F)F)cc2)c1)[C@@H]1CC(F)(F)CN1S(=O)c1ccc(F)cc1. The Balaban J connectivity index is 1.36. The molecule has 1 aliphatic heterocycles. The highest BCUT2D eigenvalue weighted by atomic mass is 32.2. The van der Waals surface area contributed by atoms with Crippen molar-refractivity contribution in [3.05, 3.63) is 108 Å². The molecule has 2 atom stereocenters. The van der Waals surface area contributed by atoms with Crippen LogP contribution in [0.2, 0.25) is 0 Å². The first-order valence-electron chi connectivity index (χ1n) is 13.3. The van der Waals surface area contributed by atoms with Gasteiger partial charge in [0.2, 0.25) is 5.91 Å². The van der Waals surface area contributed by atoms with E-state index in [0.29, 0.717) is 29.2 Å². The fourth-order valence-electron chi connectivity index (χ4n) is 4.63. The first kappa shape index (κ1) is 31.1. The highest BCUT2D eigenvalue weighted by Gasteiger charge is 2.50. The lowest BCUT2D eigenvalue weighted by Gasteiger charge is -2.22. The molecule has 0 saturated carbocycles. The summed E-state index contributed by atoms with van der Waals surface area (Å²) in [7, 11) is -2.15. The van der Waals surface area contributed by atoms with Crippen LogP contribution in [-0.2, 0) is 35.0 Å². The predicted octanol–water partition coefficient (Wildman–Crippen LogP) is 5.96. The van der Waals surface area contributed by atoms with E-state index in [4.69, 9.17) is 0 Å². The lowest BCUT2D eigenvalue weighted by molar-refractivity contribution is -0.137. The van der Waals surface area contributed by atoms with Crippen molar-refractivity contribution in [3.8, 4) is 11.3 Å². The molecule has 1 saturated heterocycles. The molecule has 4 aromatic rings. The van der Waals surface area contributed by atoms with Gasteiger partial charge in [0.25, 0.3) is 5.92 Å². The van der Waals surface area contributed by atoms with E-state index >= 15 is 0 Å². The van der Waals surface area contributed by atoms with Crippen molar-refractivity contribution in [2.75, 3.05) is 11.9 Å². The summed E-state index contributed by atoms with van der Waals surface area (Å²) in [6.07, 6.45) is -2.12. The van der Waals surface area contributed by atoms with Gasteiger partial charge in [0.1, 0.15) is 28.7 Å². The van der Waals surface area contributed by atoms with E-state index in [1.54, 1.807) is 30.6 Å². The number of hydrogen-bond donors (Lipinski definition) is 2. The fraction of sp³-hybridized carbons (Fsp3) is 0.233. The Kier molecular flexibility index (Phi) is 9.02. The van der Waals surface area contributed by atoms with Gasteiger partial charge in [0, 0.05) is 37.5 Å². The van der Waals surface area contributed by atoms with E-state index in [0.717, 1.165) is 34.1 Å². The molecule has 1 aliphatic rings. The van der Waals surface area contributed by atoms with E-state index in [1.807, 2.05) is 6.07 Å². The maximum Gasteiger partial charge on any atom is 0.416 e. The number of benzene rings is 2. The van der Waals surface area contributed by atoms with Gasteiger partial charge in [0.05, 0.1) is 22.7 Å². The van der Waals surface area contributed by atoms with Crippen molar-refractivity contribution < 1.29 is 35.3 Å². The third-order valence-corrected chi connectivity index (χ3v) is 8.30. The molecule has 0 aliphatic carbocycles. The van der Waals surface area contributed by atoms with Gasteiger partial charge in [-0.3, -0.25) is 9.78 Å². The number of amides is 1. The standard InChI is InChI=1S/C30H25F6N5O2S/c31-23-7-9-24(10-8-23)44(43)41-18-29(32,33)14-26(41)28(42)39-17-20-12-25(21-3-5-22(6-4-21)30(34,35)36)40-27(13-20)38-16-19-2-1-11-37-15-19/h1-13,15,26H,14,16-18H2,(H,38,40)(H,39,42)/t26-,44?/m0/s1. The van der Waals surface area contributed by atoms with Crippen LogP contribution in [0.25, 0.3) is 11.3 Å². The number of nitrogens with one attached hydrogen (secondary N) is 2. The first-order chi connectivity index (χ1) is 20.9. The predicted molar refractivity (Wildman–Crippen MR) is 151 cm³/mol. The molecule has 2 N–H and O–H groups in total. The molecule has 2 aromatic carbocycles. The number of carbonyl (C=O) groups is 1. The average Bonchev–Trinajstić information content (AvgIpc) is 3.34. The topological polar surface area (TPSA) is 87.2 Å². The van der Waals surface area contributed by atoms with Crippen molar-refractivity contribution >= 4 is 22.7 Å². The Morgan fingerprint density at radius 2 is 1.73 bits per heavy atom. The Hall–Kier alpha value is -4.30. The van der Waals surface area contributed by atoms with E-state index in [9.17, 15) is 35.3 Å². The summed E-state index contributed by atoms with van der Waals surface area (Å²) in [5, 5.41) is 5.74. The molecule has 3 heterocycles. The summed E-state index contributed by atoms with van der Waals surface area (Å²) in [6.45, 7) is -0.745. The summed E-state index contributed by atoms with van der Waals surface area (Å²) in [4.78, 5) is 21.8. The minimum atomic E-state index is -4.51. The number of rotatable bonds is 9. The number of nitrogens with zero attached hydrogens (tertiary/aromatic N) is 3. The van der Waals surface area contributed by atoms with Crippen molar-refractivity contribution in [2.45, 2.75) is 42.5 Å². The summed E-state index contributed by atoms with van der Waals surface area (Å²) < 4.78 is 95.4. The molecule has 0 bridgehead atoms. The van der Waals surface area contributed by atoms with Gasteiger partial charge >= 0.3 is 6.18 Å². The van der Waals surface area contributed by atoms with Crippen LogP contribution in [0.5, 0.6) is 0 Å². The van der Waals surface area contributed by atoms with Crippen LogP contribution in [0.4, 0.5) is 32.2 Å². The maximum atomic E-state index is 14.4. The summed E-state index contributed by atoms with van der Waals surface area (Å²) in [5.41, 5.74) is 1.18. The molecule has 2 aromatic heterocycles. The van der Waals surface area contributed by atoms with Crippen molar-refractivity contribution in [1.29, 1.82) is 0 Å². The molecule has 230 valence electrons. The summed E-state index contributed by atoms with van der Waals surface area (Å²) >= 11 is 0. The fourth-order valence-corrected chi connectivity index (χ4v) is 5.98.